The zero-order chi connectivity index (χ0) is 10.7. The molecule has 0 spiro atoms. The van der Waals surface area contributed by atoms with Crippen LogP contribution in [0.3, 0.4) is 0 Å². The molecule has 2 rings (SSSR count). The minimum absolute atomic E-state index is 0.285. The number of hydrogen-bond donors (Lipinski definition) is 0. The Labute approximate surface area is 88.5 Å². The molecule has 15 heavy (non-hydrogen) atoms. The Kier molecular flexibility index (Phi) is 2.68. The van der Waals surface area contributed by atoms with E-state index in [1.54, 1.807) is 0 Å². The second-order valence-electron chi connectivity index (χ2n) is 3.34. The summed E-state index contributed by atoms with van der Waals surface area (Å²) in [6.45, 7) is 3.44. The summed E-state index contributed by atoms with van der Waals surface area (Å²) in [5, 5.41) is 2.33. The molecule has 0 aliphatic heterocycles. The highest BCUT2D eigenvalue weighted by Gasteiger charge is 1.98. The van der Waals surface area contributed by atoms with Crippen LogP contribution in [0, 0.1) is 6.92 Å². The molecule has 0 fully saturated rings. The first kappa shape index (κ1) is 9.71. The molecule has 0 amide bonds. The molecular formula is C13H11O2. The fourth-order valence-electron chi connectivity index (χ4n) is 1.49. The van der Waals surface area contributed by atoms with Gasteiger partial charge in [-0.05, 0) is 22.4 Å². The molecule has 0 atom stereocenters. The van der Waals surface area contributed by atoms with Crippen molar-refractivity contribution in [3.63, 3.8) is 0 Å². The Morgan fingerprint density at radius 3 is 2.60 bits per heavy atom. The molecule has 0 aromatic heterocycles. The topological polar surface area (TPSA) is 26.3 Å². The van der Waals surface area contributed by atoms with Crippen LogP contribution in [-0.4, -0.2) is 5.97 Å². The zero-order valence-electron chi connectivity index (χ0n) is 8.27. The normalized spacial score (nSPS) is 10.2. The number of ether oxygens (including phenoxy) is 1. The van der Waals surface area contributed by atoms with Crippen LogP contribution in [-0.2, 0) is 16.1 Å². The molecule has 0 unspecified atom stereocenters. The first-order chi connectivity index (χ1) is 7.25. The summed E-state index contributed by atoms with van der Waals surface area (Å²) in [7, 11) is 0. The van der Waals surface area contributed by atoms with Crippen molar-refractivity contribution in [1.82, 2.24) is 0 Å². The minimum Gasteiger partial charge on any atom is -0.461 e. The van der Waals surface area contributed by atoms with Crippen molar-refractivity contribution in [2.75, 3.05) is 0 Å². The SMILES string of the molecule is [CH2]C(=O)OCc1ccc2ccccc2c1. The largest absolute Gasteiger partial charge is 0.461 e. The summed E-state index contributed by atoms with van der Waals surface area (Å²) in [5.74, 6) is -0.497. The van der Waals surface area contributed by atoms with Gasteiger partial charge in [0.15, 0.2) is 0 Å². The van der Waals surface area contributed by atoms with E-state index in [9.17, 15) is 4.79 Å². The third kappa shape index (κ3) is 2.34. The fraction of sp³-hybridized carbons (Fsp3) is 0.0769. The van der Waals surface area contributed by atoms with Crippen molar-refractivity contribution in [2.45, 2.75) is 6.61 Å². The van der Waals surface area contributed by atoms with E-state index in [0.717, 1.165) is 10.9 Å². The standard InChI is InChI=1S/C13H11O2/c1-10(14)15-9-11-6-7-12-4-2-3-5-13(12)8-11/h2-8H,1,9H2. The number of rotatable bonds is 2. The molecule has 0 aliphatic carbocycles. The van der Waals surface area contributed by atoms with Crippen LogP contribution < -0.4 is 0 Å². The molecule has 0 aliphatic rings. The van der Waals surface area contributed by atoms with Gasteiger partial charge in [-0.1, -0.05) is 36.4 Å². The van der Waals surface area contributed by atoms with Crippen molar-refractivity contribution in [1.29, 1.82) is 0 Å². The van der Waals surface area contributed by atoms with Gasteiger partial charge in [0, 0.05) is 0 Å². The molecule has 2 nitrogen and oxygen atoms in total. The van der Waals surface area contributed by atoms with Crippen molar-refractivity contribution < 1.29 is 9.53 Å². The van der Waals surface area contributed by atoms with Gasteiger partial charge in [-0.25, -0.2) is 0 Å². The molecule has 0 N–H and O–H groups in total. The van der Waals surface area contributed by atoms with E-state index in [-0.39, 0.29) is 6.61 Å². The molecule has 0 heterocycles. The molecular weight excluding hydrogens is 188 g/mol. The number of carbonyl (C=O) groups excluding carboxylic acids is 1. The molecule has 75 valence electrons. The Bertz CT molecular complexity index is 489. The van der Waals surface area contributed by atoms with Crippen molar-refractivity contribution >= 4 is 16.7 Å². The van der Waals surface area contributed by atoms with Crippen molar-refractivity contribution in [2.24, 2.45) is 0 Å². The number of benzene rings is 2. The molecule has 2 aromatic carbocycles. The van der Waals surface area contributed by atoms with Crippen LogP contribution >= 0.6 is 0 Å². The lowest BCUT2D eigenvalue weighted by Gasteiger charge is -2.03. The van der Waals surface area contributed by atoms with Gasteiger partial charge in [-0.2, -0.15) is 0 Å². The molecule has 0 bridgehead atoms. The molecule has 0 saturated heterocycles. The predicted octanol–water partition coefficient (Wildman–Crippen LogP) is 2.72. The Balaban J connectivity index is 2.26. The summed E-state index contributed by atoms with van der Waals surface area (Å²) in [6, 6.07) is 14.0. The van der Waals surface area contributed by atoms with Gasteiger partial charge in [-0.15, -0.1) is 0 Å². The predicted molar refractivity (Wildman–Crippen MR) is 59.1 cm³/mol. The third-order valence-electron chi connectivity index (χ3n) is 2.21. The van der Waals surface area contributed by atoms with E-state index in [1.807, 2.05) is 42.5 Å². The summed E-state index contributed by atoms with van der Waals surface area (Å²) in [4.78, 5) is 10.5. The summed E-state index contributed by atoms with van der Waals surface area (Å²) < 4.78 is 4.83. The van der Waals surface area contributed by atoms with E-state index in [4.69, 9.17) is 4.74 Å². The van der Waals surface area contributed by atoms with Crippen LogP contribution in [0.5, 0.6) is 0 Å². The first-order valence-electron chi connectivity index (χ1n) is 4.72. The average Bonchev–Trinajstić information content (AvgIpc) is 2.26. The van der Waals surface area contributed by atoms with Gasteiger partial charge in [0.05, 0.1) is 6.92 Å². The van der Waals surface area contributed by atoms with Gasteiger partial charge in [0.2, 0.25) is 0 Å². The fourth-order valence-corrected chi connectivity index (χ4v) is 1.49. The quantitative estimate of drug-likeness (QED) is 0.695. The van der Waals surface area contributed by atoms with Crippen LogP contribution in [0.25, 0.3) is 10.8 Å². The van der Waals surface area contributed by atoms with Crippen LogP contribution in [0.15, 0.2) is 42.5 Å². The van der Waals surface area contributed by atoms with Crippen LogP contribution in [0.1, 0.15) is 5.56 Å². The maximum atomic E-state index is 10.5. The van der Waals surface area contributed by atoms with E-state index >= 15 is 0 Å². The summed E-state index contributed by atoms with van der Waals surface area (Å²) in [5.41, 5.74) is 0.978. The zero-order valence-corrected chi connectivity index (χ0v) is 8.27. The van der Waals surface area contributed by atoms with Gasteiger partial charge in [0.25, 0.3) is 0 Å². The third-order valence-corrected chi connectivity index (χ3v) is 2.21. The van der Waals surface area contributed by atoms with Crippen molar-refractivity contribution in [3.05, 3.63) is 55.0 Å². The average molecular weight is 199 g/mol. The Hall–Kier alpha value is -1.83. The first-order valence-corrected chi connectivity index (χ1v) is 4.72. The highest BCUT2D eigenvalue weighted by atomic mass is 16.5. The molecule has 1 radical (unpaired) electrons. The van der Waals surface area contributed by atoms with Crippen molar-refractivity contribution in [3.8, 4) is 0 Å². The maximum absolute atomic E-state index is 10.5. The smallest absolute Gasteiger partial charge is 0.306 e. The number of fused-ring (bicyclic) bond motifs is 1. The molecule has 2 aromatic rings. The number of hydrogen-bond acceptors (Lipinski definition) is 2. The van der Waals surface area contributed by atoms with E-state index in [2.05, 4.69) is 6.92 Å². The monoisotopic (exact) mass is 199 g/mol. The van der Waals surface area contributed by atoms with Crippen LogP contribution in [0.2, 0.25) is 0 Å². The Morgan fingerprint density at radius 2 is 1.87 bits per heavy atom. The van der Waals surface area contributed by atoms with E-state index < -0.39 is 5.97 Å². The van der Waals surface area contributed by atoms with Gasteiger partial charge in [0.1, 0.15) is 6.61 Å². The second-order valence-corrected chi connectivity index (χ2v) is 3.34. The lowest BCUT2D eigenvalue weighted by Crippen LogP contribution is -1.98. The Morgan fingerprint density at radius 1 is 1.13 bits per heavy atom. The van der Waals surface area contributed by atoms with Gasteiger partial charge in [-0.3, -0.25) is 4.79 Å². The van der Waals surface area contributed by atoms with Crippen LogP contribution in [0.4, 0.5) is 0 Å². The van der Waals surface area contributed by atoms with E-state index in [0.29, 0.717) is 0 Å². The maximum Gasteiger partial charge on any atom is 0.306 e. The number of carbonyl (C=O) groups is 1. The molecule has 0 saturated carbocycles. The lowest BCUT2D eigenvalue weighted by molar-refractivity contribution is -0.139. The minimum atomic E-state index is -0.497. The lowest BCUT2D eigenvalue weighted by atomic mass is 10.1. The highest BCUT2D eigenvalue weighted by molar-refractivity contribution is 5.83. The molecule has 2 heteroatoms. The summed E-state index contributed by atoms with van der Waals surface area (Å²) in [6.07, 6.45) is 0. The number of esters is 1. The highest BCUT2D eigenvalue weighted by Crippen LogP contribution is 2.15. The second kappa shape index (κ2) is 4.13. The summed E-state index contributed by atoms with van der Waals surface area (Å²) >= 11 is 0. The van der Waals surface area contributed by atoms with Gasteiger partial charge < -0.3 is 4.74 Å². The van der Waals surface area contributed by atoms with E-state index in [1.165, 1.54) is 5.39 Å². The van der Waals surface area contributed by atoms with Gasteiger partial charge >= 0.3 is 5.97 Å².